The van der Waals surface area contributed by atoms with Crippen molar-refractivity contribution in [2.75, 3.05) is 4.90 Å². The molecule has 0 bridgehead atoms. The molecule has 2 aromatic rings. The average Bonchev–Trinajstić information content (AvgIpc) is 2.99. The topological polar surface area (TPSA) is 55.2 Å². The van der Waals surface area contributed by atoms with Crippen LogP contribution in [0.4, 0.5) is 5.69 Å². The van der Waals surface area contributed by atoms with E-state index in [1.54, 1.807) is 30.7 Å². The van der Waals surface area contributed by atoms with Crippen LogP contribution in [0.5, 0.6) is 0 Å². The Bertz CT molecular complexity index is 688. The average molecular weight is 269 g/mol. The van der Waals surface area contributed by atoms with Crippen LogP contribution in [0.1, 0.15) is 35.9 Å². The van der Waals surface area contributed by atoms with E-state index < -0.39 is 11.7 Å². The zero-order chi connectivity index (χ0) is 14.3. The smallest absolute Gasteiger partial charge is 0.299 e. The summed E-state index contributed by atoms with van der Waals surface area (Å²) in [6.45, 7) is 4.46. The van der Waals surface area contributed by atoms with Gasteiger partial charge in [0.25, 0.3) is 11.7 Å². The van der Waals surface area contributed by atoms with Gasteiger partial charge in [-0.25, -0.2) is 4.98 Å². The summed E-state index contributed by atoms with van der Waals surface area (Å²) in [5, 5.41) is 0. The van der Waals surface area contributed by atoms with Crippen molar-refractivity contribution in [3.05, 3.63) is 48.0 Å². The number of Topliss-reactive ketones (excluding diaryl/α,β-unsaturated/α-hetero) is 1. The van der Waals surface area contributed by atoms with E-state index in [2.05, 4.69) is 18.8 Å². The van der Waals surface area contributed by atoms with E-state index in [1.165, 1.54) is 4.90 Å². The lowest BCUT2D eigenvalue weighted by Gasteiger charge is -2.19. The Morgan fingerprint density at radius 2 is 1.95 bits per heavy atom. The first-order valence-electron chi connectivity index (χ1n) is 6.55. The van der Waals surface area contributed by atoms with Gasteiger partial charge in [-0.15, -0.1) is 0 Å². The summed E-state index contributed by atoms with van der Waals surface area (Å²) in [6, 6.07) is 7.35. The number of fused-ring (bicyclic) bond motifs is 1. The molecule has 0 saturated carbocycles. The molecule has 0 N–H and O–H groups in total. The van der Waals surface area contributed by atoms with E-state index in [1.807, 2.05) is 10.6 Å². The molecule has 1 aromatic carbocycles. The minimum Gasteiger partial charge on any atom is -0.330 e. The summed E-state index contributed by atoms with van der Waals surface area (Å²) in [5.74, 6) is -0.904. The van der Waals surface area contributed by atoms with Crippen LogP contribution in [0.15, 0.2) is 36.8 Å². The molecular weight excluding hydrogens is 254 g/mol. The van der Waals surface area contributed by atoms with Crippen LogP contribution in [0, 0.1) is 0 Å². The lowest BCUT2D eigenvalue weighted by atomic mass is 10.1. The number of imidazole rings is 1. The molecule has 5 heteroatoms. The van der Waals surface area contributed by atoms with E-state index in [0.29, 0.717) is 17.8 Å². The first-order valence-corrected chi connectivity index (χ1v) is 6.55. The van der Waals surface area contributed by atoms with Crippen molar-refractivity contribution in [2.45, 2.75) is 26.4 Å². The Kier molecular flexibility index (Phi) is 2.89. The van der Waals surface area contributed by atoms with Crippen LogP contribution in [0.2, 0.25) is 0 Å². The third kappa shape index (κ3) is 1.82. The zero-order valence-electron chi connectivity index (χ0n) is 11.4. The maximum Gasteiger partial charge on any atom is 0.299 e. The molecular formula is C15H15N3O2. The van der Waals surface area contributed by atoms with Gasteiger partial charge in [0.1, 0.15) is 0 Å². The Hall–Kier alpha value is -2.43. The predicted molar refractivity (Wildman–Crippen MR) is 74.6 cm³/mol. The summed E-state index contributed by atoms with van der Waals surface area (Å²) in [7, 11) is 0. The maximum absolute atomic E-state index is 12.1. The number of aromatic nitrogens is 2. The van der Waals surface area contributed by atoms with Gasteiger partial charge in [0.2, 0.25) is 0 Å². The standard InChI is InChI=1S/C15H15N3O2/c1-10(2)18-9-16-7-11(18)8-17-13-6-4-3-5-12(13)14(19)15(17)20/h3-7,9-10H,8H2,1-2H3. The molecule has 0 radical (unpaired) electrons. The van der Waals surface area contributed by atoms with Gasteiger partial charge in [0.05, 0.1) is 29.8 Å². The number of nitrogens with zero attached hydrogens (tertiary/aromatic N) is 3. The van der Waals surface area contributed by atoms with Crippen LogP contribution in [0.3, 0.4) is 0 Å². The van der Waals surface area contributed by atoms with Gasteiger partial charge in [0, 0.05) is 12.2 Å². The molecule has 1 aliphatic heterocycles. The molecule has 102 valence electrons. The van der Waals surface area contributed by atoms with E-state index in [-0.39, 0.29) is 6.04 Å². The highest BCUT2D eigenvalue weighted by atomic mass is 16.2. The van der Waals surface area contributed by atoms with Crippen molar-refractivity contribution in [1.82, 2.24) is 9.55 Å². The van der Waals surface area contributed by atoms with Gasteiger partial charge in [-0.1, -0.05) is 12.1 Å². The molecule has 1 amide bonds. The van der Waals surface area contributed by atoms with Gasteiger partial charge in [-0.05, 0) is 26.0 Å². The maximum atomic E-state index is 12.1. The first-order chi connectivity index (χ1) is 9.59. The number of carbonyl (C=O) groups is 2. The normalized spacial score (nSPS) is 14.2. The molecule has 0 saturated heterocycles. The Balaban J connectivity index is 1.97. The van der Waals surface area contributed by atoms with E-state index in [9.17, 15) is 9.59 Å². The van der Waals surface area contributed by atoms with Crippen LogP contribution in [-0.4, -0.2) is 21.2 Å². The molecule has 2 heterocycles. The number of amides is 1. The third-order valence-corrected chi connectivity index (χ3v) is 3.50. The predicted octanol–water partition coefficient (Wildman–Crippen LogP) is 2.19. The molecule has 0 aliphatic carbocycles. The second-order valence-electron chi connectivity index (χ2n) is 5.12. The van der Waals surface area contributed by atoms with Crippen molar-refractivity contribution in [3.8, 4) is 0 Å². The van der Waals surface area contributed by atoms with Crippen LogP contribution in [0.25, 0.3) is 0 Å². The number of para-hydroxylation sites is 1. The summed E-state index contributed by atoms with van der Waals surface area (Å²) in [5.41, 5.74) is 2.07. The van der Waals surface area contributed by atoms with Gasteiger partial charge in [-0.2, -0.15) is 0 Å². The van der Waals surface area contributed by atoms with Crippen LogP contribution >= 0.6 is 0 Å². The zero-order valence-corrected chi connectivity index (χ0v) is 11.4. The number of hydrogen-bond donors (Lipinski definition) is 0. The molecule has 0 atom stereocenters. The number of carbonyl (C=O) groups excluding carboxylic acids is 2. The van der Waals surface area contributed by atoms with Crippen molar-refractivity contribution >= 4 is 17.4 Å². The summed E-state index contributed by atoms with van der Waals surface area (Å²) in [4.78, 5) is 29.7. The largest absolute Gasteiger partial charge is 0.330 e. The molecule has 3 rings (SSSR count). The van der Waals surface area contributed by atoms with Crippen molar-refractivity contribution < 1.29 is 9.59 Å². The van der Waals surface area contributed by atoms with E-state index >= 15 is 0 Å². The highest BCUT2D eigenvalue weighted by Crippen LogP contribution is 2.30. The monoisotopic (exact) mass is 269 g/mol. The number of anilines is 1. The molecule has 1 aromatic heterocycles. The lowest BCUT2D eigenvalue weighted by molar-refractivity contribution is -0.114. The fourth-order valence-electron chi connectivity index (χ4n) is 2.49. The Morgan fingerprint density at radius 1 is 1.20 bits per heavy atom. The second kappa shape index (κ2) is 4.59. The minimum atomic E-state index is -0.470. The number of benzene rings is 1. The molecule has 20 heavy (non-hydrogen) atoms. The summed E-state index contributed by atoms with van der Waals surface area (Å²) in [6.07, 6.45) is 3.48. The Labute approximate surface area is 116 Å². The number of hydrogen-bond acceptors (Lipinski definition) is 3. The Morgan fingerprint density at radius 3 is 2.70 bits per heavy atom. The molecule has 0 fully saturated rings. The van der Waals surface area contributed by atoms with Gasteiger partial charge in [0.15, 0.2) is 0 Å². The number of rotatable bonds is 3. The van der Waals surface area contributed by atoms with Crippen LogP contribution < -0.4 is 4.90 Å². The van der Waals surface area contributed by atoms with Crippen molar-refractivity contribution in [3.63, 3.8) is 0 Å². The van der Waals surface area contributed by atoms with Gasteiger partial charge in [-0.3, -0.25) is 14.5 Å². The fourth-order valence-corrected chi connectivity index (χ4v) is 2.49. The molecule has 0 spiro atoms. The van der Waals surface area contributed by atoms with E-state index in [0.717, 1.165) is 5.69 Å². The SMILES string of the molecule is CC(C)n1cncc1CN1C(=O)C(=O)c2ccccc21. The lowest BCUT2D eigenvalue weighted by Crippen LogP contribution is -2.30. The highest BCUT2D eigenvalue weighted by molar-refractivity contribution is 6.52. The molecule has 5 nitrogen and oxygen atoms in total. The number of ketones is 1. The third-order valence-electron chi connectivity index (χ3n) is 3.50. The quantitative estimate of drug-likeness (QED) is 0.803. The fraction of sp³-hybridized carbons (Fsp3) is 0.267. The molecule has 0 unspecified atom stereocenters. The summed E-state index contributed by atoms with van der Waals surface area (Å²) >= 11 is 0. The van der Waals surface area contributed by atoms with Crippen molar-refractivity contribution in [1.29, 1.82) is 0 Å². The van der Waals surface area contributed by atoms with Gasteiger partial charge < -0.3 is 4.57 Å². The molecule has 1 aliphatic rings. The first kappa shape index (κ1) is 12.6. The highest BCUT2D eigenvalue weighted by Gasteiger charge is 2.35. The van der Waals surface area contributed by atoms with Crippen LogP contribution in [-0.2, 0) is 11.3 Å². The van der Waals surface area contributed by atoms with Gasteiger partial charge >= 0.3 is 0 Å². The van der Waals surface area contributed by atoms with Crippen molar-refractivity contribution in [2.24, 2.45) is 0 Å². The summed E-state index contributed by atoms with van der Waals surface area (Å²) < 4.78 is 2.00. The van der Waals surface area contributed by atoms with E-state index in [4.69, 9.17) is 0 Å². The second-order valence-corrected chi connectivity index (χ2v) is 5.12. The minimum absolute atomic E-state index is 0.260.